The highest BCUT2D eigenvalue weighted by Crippen LogP contribution is 2.14. The van der Waals surface area contributed by atoms with Crippen molar-refractivity contribution in [3.8, 4) is 0 Å². The van der Waals surface area contributed by atoms with E-state index in [0.29, 0.717) is 5.92 Å². The smallest absolute Gasteiger partial charge is 0.0236 e. The van der Waals surface area contributed by atoms with E-state index in [1.807, 2.05) is 0 Å². The first-order valence-corrected chi connectivity index (χ1v) is 5.33. The maximum atomic E-state index is 2.32. The van der Waals surface area contributed by atoms with Crippen molar-refractivity contribution in [1.29, 1.82) is 0 Å². The standard InChI is InChI=1S/C13H24/c1-7-11(4)13(6)9-8-12(5)10(2)3/h8-10,12H,7H2,1-6H3. The topological polar surface area (TPSA) is 0 Å². The summed E-state index contributed by atoms with van der Waals surface area (Å²) in [5.74, 6) is 1.42. The Labute approximate surface area is 83.7 Å². The van der Waals surface area contributed by atoms with Gasteiger partial charge in [0.25, 0.3) is 0 Å². The van der Waals surface area contributed by atoms with Crippen molar-refractivity contribution in [2.45, 2.75) is 48.0 Å². The SMILES string of the molecule is CCC(C)=C(C)C=CC(C)C(C)C. The van der Waals surface area contributed by atoms with Gasteiger partial charge in [-0.3, -0.25) is 0 Å². The lowest BCUT2D eigenvalue weighted by molar-refractivity contribution is 0.504. The molecule has 0 aliphatic carbocycles. The molecule has 0 nitrogen and oxygen atoms in total. The van der Waals surface area contributed by atoms with Crippen LogP contribution in [0, 0.1) is 11.8 Å². The Morgan fingerprint density at radius 1 is 1.15 bits per heavy atom. The Balaban J connectivity index is 4.27. The van der Waals surface area contributed by atoms with Gasteiger partial charge in [0.15, 0.2) is 0 Å². The Bertz CT molecular complexity index is 194. The second kappa shape index (κ2) is 6.01. The largest absolute Gasteiger partial charge is 0.0812 e. The number of rotatable bonds is 4. The van der Waals surface area contributed by atoms with Gasteiger partial charge in [-0.15, -0.1) is 0 Å². The lowest BCUT2D eigenvalue weighted by atomic mass is 9.96. The minimum atomic E-state index is 0.680. The van der Waals surface area contributed by atoms with E-state index in [1.165, 1.54) is 11.1 Å². The van der Waals surface area contributed by atoms with Crippen molar-refractivity contribution < 1.29 is 0 Å². The van der Waals surface area contributed by atoms with Crippen LogP contribution >= 0.6 is 0 Å². The molecule has 0 aliphatic rings. The molecular formula is C13H24. The summed E-state index contributed by atoms with van der Waals surface area (Å²) in [6.07, 6.45) is 5.74. The van der Waals surface area contributed by atoms with Crippen LogP contribution in [0.3, 0.4) is 0 Å². The van der Waals surface area contributed by atoms with E-state index < -0.39 is 0 Å². The summed E-state index contributed by atoms with van der Waals surface area (Å²) >= 11 is 0. The molecule has 0 aromatic heterocycles. The van der Waals surface area contributed by atoms with Crippen molar-refractivity contribution in [1.82, 2.24) is 0 Å². The lowest BCUT2D eigenvalue weighted by Crippen LogP contribution is -1.99. The maximum Gasteiger partial charge on any atom is -0.0236 e. The zero-order valence-corrected chi connectivity index (χ0v) is 10.0. The molecule has 0 heteroatoms. The predicted octanol–water partition coefficient (Wildman–Crippen LogP) is 4.58. The van der Waals surface area contributed by atoms with Gasteiger partial charge < -0.3 is 0 Å². The summed E-state index contributed by atoms with van der Waals surface area (Å²) in [6, 6.07) is 0. The molecule has 0 amide bonds. The van der Waals surface area contributed by atoms with Gasteiger partial charge in [-0.05, 0) is 32.1 Å². The Kier molecular flexibility index (Phi) is 5.77. The lowest BCUT2D eigenvalue weighted by Gasteiger charge is -2.10. The van der Waals surface area contributed by atoms with Crippen molar-refractivity contribution in [2.24, 2.45) is 11.8 Å². The molecule has 0 heterocycles. The first-order valence-electron chi connectivity index (χ1n) is 5.33. The van der Waals surface area contributed by atoms with Gasteiger partial charge in [0.2, 0.25) is 0 Å². The molecule has 0 saturated heterocycles. The number of hydrogen-bond acceptors (Lipinski definition) is 0. The molecule has 1 atom stereocenters. The molecule has 0 saturated carbocycles. The monoisotopic (exact) mass is 180 g/mol. The minimum absolute atomic E-state index is 0.680. The fourth-order valence-corrected chi connectivity index (χ4v) is 0.939. The molecule has 1 unspecified atom stereocenters. The van der Waals surface area contributed by atoms with Crippen LogP contribution in [0.25, 0.3) is 0 Å². The van der Waals surface area contributed by atoms with Crippen molar-refractivity contribution in [2.75, 3.05) is 0 Å². The zero-order chi connectivity index (χ0) is 10.4. The van der Waals surface area contributed by atoms with Gasteiger partial charge >= 0.3 is 0 Å². The first-order chi connectivity index (χ1) is 5.99. The van der Waals surface area contributed by atoms with E-state index >= 15 is 0 Å². The summed E-state index contributed by atoms with van der Waals surface area (Å²) in [7, 11) is 0. The third-order valence-corrected chi connectivity index (χ3v) is 2.90. The van der Waals surface area contributed by atoms with E-state index in [9.17, 15) is 0 Å². The van der Waals surface area contributed by atoms with Gasteiger partial charge in [-0.25, -0.2) is 0 Å². The second-order valence-electron chi connectivity index (χ2n) is 4.28. The van der Waals surface area contributed by atoms with E-state index in [0.717, 1.165) is 12.3 Å². The third kappa shape index (κ3) is 4.92. The third-order valence-electron chi connectivity index (χ3n) is 2.90. The molecule has 0 rings (SSSR count). The molecule has 0 aliphatic heterocycles. The van der Waals surface area contributed by atoms with E-state index in [4.69, 9.17) is 0 Å². The Morgan fingerprint density at radius 2 is 1.69 bits per heavy atom. The second-order valence-corrected chi connectivity index (χ2v) is 4.28. The predicted molar refractivity (Wildman–Crippen MR) is 61.8 cm³/mol. The van der Waals surface area contributed by atoms with Crippen LogP contribution in [0.15, 0.2) is 23.3 Å². The molecule has 0 fully saturated rings. The molecule has 0 radical (unpaired) electrons. The summed E-state index contributed by atoms with van der Waals surface area (Å²) < 4.78 is 0. The van der Waals surface area contributed by atoms with Gasteiger partial charge in [0.1, 0.15) is 0 Å². The summed E-state index contributed by atoms with van der Waals surface area (Å²) in [4.78, 5) is 0. The van der Waals surface area contributed by atoms with E-state index in [-0.39, 0.29) is 0 Å². The van der Waals surface area contributed by atoms with Crippen LogP contribution in [0.4, 0.5) is 0 Å². The van der Waals surface area contributed by atoms with Gasteiger partial charge in [0, 0.05) is 0 Å². The van der Waals surface area contributed by atoms with E-state index in [2.05, 4.69) is 53.7 Å². The van der Waals surface area contributed by atoms with Crippen LogP contribution in [0.2, 0.25) is 0 Å². The fraction of sp³-hybridized carbons (Fsp3) is 0.692. The molecule has 76 valence electrons. The van der Waals surface area contributed by atoms with Crippen LogP contribution in [-0.4, -0.2) is 0 Å². The van der Waals surface area contributed by atoms with Crippen LogP contribution in [0.5, 0.6) is 0 Å². The molecule has 0 N–H and O–H groups in total. The van der Waals surface area contributed by atoms with Crippen LogP contribution in [0.1, 0.15) is 48.0 Å². The minimum Gasteiger partial charge on any atom is -0.0812 e. The van der Waals surface area contributed by atoms with Crippen LogP contribution < -0.4 is 0 Å². The Morgan fingerprint density at radius 3 is 2.08 bits per heavy atom. The highest BCUT2D eigenvalue weighted by atomic mass is 14.1. The zero-order valence-electron chi connectivity index (χ0n) is 10.0. The number of allylic oxidation sites excluding steroid dienone is 4. The van der Waals surface area contributed by atoms with Gasteiger partial charge in [-0.1, -0.05) is 51.0 Å². The van der Waals surface area contributed by atoms with Gasteiger partial charge in [0.05, 0.1) is 0 Å². The first kappa shape index (κ1) is 12.5. The molecular weight excluding hydrogens is 156 g/mol. The van der Waals surface area contributed by atoms with E-state index in [1.54, 1.807) is 0 Å². The normalized spacial score (nSPS) is 16.5. The highest BCUT2D eigenvalue weighted by Gasteiger charge is 2.01. The summed E-state index contributed by atoms with van der Waals surface area (Å²) in [5.41, 5.74) is 2.92. The summed E-state index contributed by atoms with van der Waals surface area (Å²) in [5, 5.41) is 0. The van der Waals surface area contributed by atoms with Crippen molar-refractivity contribution in [3.05, 3.63) is 23.3 Å². The Hall–Kier alpha value is -0.520. The number of hydrogen-bond donors (Lipinski definition) is 0. The molecule has 0 aromatic rings. The molecule has 0 spiro atoms. The van der Waals surface area contributed by atoms with Crippen molar-refractivity contribution in [3.63, 3.8) is 0 Å². The fourth-order valence-electron chi connectivity index (χ4n) is 0.939. The molecule has 0 bridgehead atoms. The molecule has 13 heavy (non-hydrogen) atoms. The quantitative estimate of drug-likeness (QED) is 0.555. The average molecular weight is 180 g/mol. The van der Waals surface area contributed by atoms with Crippen LogP contribution in [-0.2, 0) is 0 Å². The molecule has 0 aromatic carbocycles. The highest BCUT2D eigenvalue weighted by molar-refractivity contribution is 5.22. The summed E-state index contributed by atoms with van der Waals surface area (Å²) in [6.45, 7) is 13.4. The average Bonchev–Trinajstić information content (AvgIpc) is 2.11. The van der Waals surface area contributed by atoms with Crippen molar-refractivity contribution >= 4 is 0 Å². The maximum absolute atomic E-state index is 2.32. The van der Waals surface area contributed by atoms with Gasteiger partial charge in [-0.2, -0.15) is 0 Å².